The molecule has 1 aromatic rings. The Hall–Kier alpha value is -2.50. The minimum atomic E-state index is -0.660. The summed E-state index contributed by atoms with van der Waals surface area (Å²) in [7, 11) is 0. The molecule has 1 amide bonds. The van der Waals surface area contributed by atoms with Crippen LogP contribution >= 0.6 is 0 Å². The Morgan fingerprint density at radius 3 is 2.54 bits per heavy atom. The second-order valence-corrected chi connectivity index (χ2v) is 7.40. The molecule has 2 heterocycles. The van der Waals surface area contributed by atoms with Crippen LogP contribution in [-0.2, 0) is 11.4 Å². The van der Waals surface area contributed by atoms with Crippen LogP contribution in [0.1, 0.15) is 37.7 Å². The molecule has 1 aromatic carbocycles. The number of likely N-dealkylation sites (tertiary alicyclic amines) is 1. The van der Waals surface area contributed by atoms with Crippen molar-refractivity contribution in [1.82, 2.24) is 4.90 Å². The van der Waals surface area contributed by atoms with Crippen molar-refractivity contribution in [3.63, 3.8) is 0 Å². The van der Waals surface area contributed by atoms with Crippen LogP contribution in [0.3, 0.4) is 0 Å². The van der Waals surface area contributed by atoms with Crippen molar-refractivity contribution in [2.75, 3.05) is 0 Å². The topological polar surface area (TPSA) is 73.1 Å². The summed E-state index contributed by atoms with van der Waals surface area (Å²) in [5, 5.41) is 18.7. The van der Waals surface area contributed by atoms with Crippen molar-refractivity contribution in [1.29, 1.82) is 0 Å². The van der Waals surface area contributed by atoms with E-state index in [0.717, 1.165) is 42.4 Å². The van der Waals surface area contributed by atoms with E-state index in [2.05, 4.69) is 11.6 Å². The Bertz CT molecular complexity index is 778. The number of carbonyl (C=O) groups excluding carboxylic acids is 1. The van der Waals surface area contributed by atoms with Gasteiger partial charge in [0, 0.05) is 18.3 Å². The summed E-state index contributed by atoms with van der Waals surface area (Å²) < 4.78 is 0. The van der Waals surface area contributed by atoms with Crippen LogP contribution in [0, 0.1) is 5.92 Å². The summed E-state index contributed by atoms with van der Waals surface area (Å²) in [6, 6.07) is 9.45. The van der Waals surface area contributed by atoms with E-state index in [4.69, 9.17) is 5.11 Å². The summed E-state index contributed by atoms with van der Waals surface area (Å²) in [6.07, 6.45) is 11.1. The zero-order valence-electron chi connectivity index (χ0n) is 16.1. The summed E-state index contributed by atoms with van der Waals surface area (Å²) >= 11 is 0. The van der Waals surface area contributed by atoms with E-state index in [9.17, 15) is 9.90 Å². The van der Waals surface area contributed by atoms with Crippen molar-refractivity contribution in [2.24, 2.45) is 10.9 Å². The third kappa shape index (κ3) is 4.86. The van der Waals surface area contributed by atoms with Gasteiger partial charge in [-0.3, -0.25) is 9.79 Å². The fourth-order valence-corrected chi connectivity index (χ4v) is 3.62. The normalized spacial score (nSPS) is 24.1. The minimum absolute atomic E-state index is 0.0708. The van der Waals surface area contributed by atoms with E-state index < -0.39 is 6.23 Å². The van der Waals surface area contributed by atoms with Gasteiger partial charge in [0.25, 0.3) is 0 Å². The number of aliphatic hydroxyl groups excluding tert-OH is 2. The third-order valence-electron chi connectivity index (χ3n) is 5.42. The Kier molecular flexibility index (Phi) is 6.95. The lowest BCUT2D eigenvalue weighted by molar-refractivity contribution is -0.147. The van der Waals surface area contributed by atoms with Gasteiger partial charge in [-0.25, -0.2) is 0 Å². The minimum Gasteiger partial charge on any atom is -0.392 e. The number of hydrogen-bond donors (Lipinski definition) is 2. The number of amides is 1. The number of hydrogen-bond acceptors (Lipinski definition) is 4. The van der Waals surface area contributed by atoms with E-state index in [1.54, 1.807) is 17.3 Å². The van der Waals surface area contributed by atoms with Gasteiger partial charge < -0.3 is 15.1 Å². The van der Waals surface area contributed by atoms with Crippen LogP contribution < -0.4 is 0 Å². The van der Waals surface area contributed by atoms with Crippen molar-refractivity contribution in [3.8, 4) is 0 Å². The monoisotopic (exact) mass is 380 g/mol. The number of allylic oxidation sites excluding steroid dienone is 3. The number of rotatable bonds is 3. The highest BCUT2D eigenvalue weighted by atomic mass is 16.3. The molecule has 4 rings (SSSR count). The van der Waals surface area contributed by atoms with Crippen molar-refractivity contribution in [3.05, 3.63) is 72.0 Å². The second kappa shape index (κ2) is 9.62. The first kappa shape index (κ1) is 20.2. The predicted octanol–water partition coefficient (Wildman–Crippen LogP) is 3.36. The SMILES string of the molecule is C=C1C=CN=CC([C@@H]2CC[C@@H](O)N2C(=O)C2CCC2)=C1.OCc1ccccc1. The summed E-state index contributed by atoms with van der Waals surface area (Å²) in [5.74, 6) is 0.207. The van der Waals surface area contributed by atoms with Gasteiger partial charge in [-0.15, -0.1) is 0 Å². The molecule has 1 aliphatic carbocycles. The molecule has 5 heteroatoms. The maximum atomic E-state index is 12.5. The summed E-state index contributed by atoms with van der Waals surface area (Å²) in [4.78, 5) is 18.4. The average Bonchev–Trinajstić information content (AvgIpc) is 2.91. The maximum absolute atomic E-state index is 12.5. The van der Waals surface area contributed by atoms with Gasteiger partial charge in [-0.2, -0.15) is 0 Å². The highest BCUT2D eigenvalue weighted by Crippen LogP contribution is 2.35. The zero-order chi connectivity index (χ0) is 19.9. The van der Waals surface area contributed by atoms with Gasteiger partial charge >= 0.3 is 0 Å². The summed E-state index contributed by atoms with van der Waals surface area (Å²) in [6.45, 7) is 4.08. The van der Waals surface area contributed by atoms with Gasteiger partial charge in [0.15, 0.2) is 0 Å². The number of benzene rings is 1. The maximum Gasteiger partial charge on any atom is 0.228 e. The quantitative estimate of drug-likeness (QED) is 0.845. The number of nitrogens with zero attached hydrogens (tertiary/aromatic N) is 2. The molecule has 2 atom stereocenters. The fraction of sp³-hybridized carbons (Fsp3) is 0.391. The lowest BCUT2D eigenvalue weighted by Crippen LogP contribution is -2.46. The molecule has 3 aliphatic rings. The molecular weight excluding hydrogens is 352 g/mol. The molecule has 0 radical (unpaired) electrons. The van der Waals surface area contributed by atoms with Gasteiger partial charge in [-0.1, -0.05) is 43.3 Å². The van der Waals surface area contributed by atoms with Gasteiger partial charge in [0.1, 0.15) is 6.23 Å². The Morgan fingerprint density at radius 2 is 1.93 bits per heavy atom. The molecule has 0 aromatic heterocycles. The Labute approximate surface area is 166 Å². The molecule has 5 nitrogen and oxygen atoms in total. The van der Waals surface area contributed by atoms with Crippen LogP contribution in [0.4, 0.5) is 0 Å². The molecule has 1 saturated heterocycles. The molecule has 148 valence electrons. The number of carbonyl (C=O) groups is 1. The Morgan fingerprint density at radius 1 is 1.18 bits per heavy atom. The van der Waals surface area contributed by atoms with Crippen LogP contribution in [0.2, 0.25) is 0 Å². The van der Waals surface area contributed by atoms with Crippen molar-refractivity contribution < 1.29 is 15.0 Å². The van der Waals surface area contributed by atoms with Crippen LogP contribution in [0.5, 0.6) is 0 Å². The molecule has 2 N–H and O–H groups in total. The summed E-state index contributed by atoms with van der Waals surface area (Å²) in [5.41, 5.74) is 2.80. The second-order valence-electron chi connectivity index (χ2n) is 7.40. The zero-order valence-corrected chi connectivity index (χ0v) is 16.1. The van der Waals surface area contributed by atoms with Gasteiger partial charge in [0.2, 0.25) is 5.91 Å². The van der Waals surface area contributed by atoms with Crippen LogP contribution in [0.25, 0.3) is 0 Å². The molecule has 0 unspecified atom stereocenters. The van der Waals surface area contributed by atoms with Crippen molar-refractivity contribution >= 4 is 12.1 Å². The molecule has 2 aliphatic heterocycles. The third-order valence-corrected chi connectivity index (χ3v) is 5.42. The highest BCUT2D eigenvalue weighted by Gasteiger charge is 2.41. The molecular formula is C23H28N2O3. The lowest BCUT2D eigenvalue weighted by Gasteiger charge is -2.35. The Balaban J connectivity index is 0.000000236. The van der Waals surface area contributed by atoms with Crippen molar-refractivity contribution in [2.45, 2.75) is 51.0 Å². The molecule has 1 saturated carbocycles. The van der Waals surface area contributed by atoms with E-state index in [-0.39, 0.29) is 24.5 Å². The standard InChI is InChI=1S/C16H20N2O2.C7H8O/c1-11-7-8-17-10-13(9-11)14-5-6-15(19)18(14)16(20)12-3-2-4-12;8-6-7-4-2-1-3-5-7/h7-10,12,14-15,19H,1-6H2;1-5,8H,6H2/t14-,15+;/m0./s1. The van der Waals surface area contributed by atoms with Crippen LogP contribution in [0.15, 0.2) is 71.4 Å². The predicted molar refractivity (Wildman–Crippen MR) is 110 cm³/mol. The first-order valence-electron chi connectivity index (χ1n) is 9.85. The van der Waals surface area contributed by atoms with E-state index in [0.29, 0.717) is 6.42 Å². The fourth-order valence-electron chi connectivity index (χ4n) is 3.62. The van der Waals surface area contributed by atoms with E-state index in [1.807, 2.05) is 42.5 Å². The smallest absolute Gasteiger partial charge is 0.228 e. The highest BCUT2D eigenvalue weighted by molar-refractivity contribution is 5.86. The average molecular weight is 380 g/mol. The first-order chi connectivity index (χ1) is 13.6. The molecule has 0 spiro atoms. The number of aliphatic hydroxyl groups is 2. The lowest BCUT2D eigenvalue weighted by atomic mass is 9.84. The number of aliphatic imine (C=N–C) groups is 1. The first-order valence-corrected chi connectivity index (χ1v) is 9.85. The molecule has 28 heavy (non-hydrogen) atoms. The molecule has 2 fully saturated rings. The van der Waals surface area contributed by atoms with E-state index >= 15 is 0 Å². The largest absolute Gasteiger partial charge is 0.392 e. The van der Waals surface area contributed by atoms with Gasteiger partial charge in [0.05, 0.1) is 12.6 Å². The van der Waals surface area contributed by atoms with E-state index in [1.165, 1.54) is 0 Å². The van der Waals surface area contributed by atoms with Gasteiger partial charge in [-0.05, 0) is 54.5 Å². The molecule has 0 bridgehead atoms. The van der Waals surface area contributed by atoms with Crippen LogP contribution in [-0.4, -0.2) is 39.5 Å².